The number of aliphatic hydroxyl groups is 1. The standard InChI is InChI=1S/C11H20O/c1-10(2,3)8-7-9(12)11(4,5)6/h9,12H,1-6H3/t9-/m0/s1. The Morgan fingerprint density at radius 2 is 1.42 bits per heavy atom. The summed E-state index contributed by atoms with van der Waals surface area (Å²) >= 11 is 0. The summed E-state index contributed by atoms with van der Waals surface area (Å²) in [6.45, 7) is 12.1. The van der Waals surface area contributed by atoms with Crippen LogP contribution >= 0.6 is 0 Å². The van der Waals surface area contributed by atoms with Gasteiger partial charge in [-0.15, -0.1) is 0 Å². The van der Waals surface area contributed by atoms with Gasteiger partial charge in [0.15, 0.2) is 0 Å². The Hall–Kier alpha value is -0.480. The molecule has 1 nitrogen and oxygen atoms in total. The molecule has 1 atom stereocenters. The lowest BCUT2D eigenvalue weighted by atomic mass is 9.88. The third kappa shape index (κ3) is 5.21. The van der Waals surface area contributed by atoms with Gasteiger partial charge in [-0.1, -0.05) is 32.6 Å². The SMILES string of the molecule is CC(C)(C)C#C[C@H](O)C(C)(C)C. The van der Waals surface area contributed by atoms with Crippen molar-refractivity contribution in [2.75, 3.05) is 0 Å². The van der Waals surface area contributed by atoms with Gasteiger partial charge in [0.05, 0.1) is 0 Å². The molecular formula is C11H20O. The van der Waals surface area contributed by atoms with Gasteiger partial charge in [-0.3, -0.25) is 0 Å². The van der Waals surface area contributed by atoms with E-state index in [-0.39, 0.29) is 10.8 Å². The minimum Gasteiger partial charge on any atom is -0.380 e. The Balaban J connectivity index is 4.34. The van der Waals surface area contributed by atoms with E-state index < -0.39 is 6.10 Å². The van der Waals surface area contributed by atoms with E-state index in [1.165, 1.54) is 0 Å². The molecule has 0 saturated carbocycles. The predicted octanol–water partition coefficient (Wildman–Crippen LogP) is 2.44. The van der Waals surface area contributed by atoms with Crippen LogP contribution in [0.1, 0.15) is 41.5 Å². The average molecular weight is 168 g/mol. The lowest BCUT2D eigenvalue weighted by Gasteiger charge is -2.21. The van der Waals surface area contributed by atoms with Crippen molar-refractivity contribution in [3.05, 3.63) is 0 Å². The first kappa shape index (κ1) is 11.5. The van der Waals surface area contributed by atoms with Crippen molar-refractivity contribution in [3.63, 3.8) is 0 Å². The van der Waals surface area contributed by atoms with E-state index in [0.29, 0.717) is 0 Å². The maximum Gasteiger partial charge on any atom is 0.119 e. The molecule has 70 valence electrons. The topological polar surface area (TPSA) is 20.2 Å². The molecule has 1 N–H and O–H groups in total. The van der Waals surface area contributed by atoms with Gasteiger partial charge in [0, 0.05) is 5.41 Å². The second kappa shape index (κ2) is 3.49. The van der Waals surface area contributed by atoms with E-state index in [1.807, 2.05) is 41.5 Å². The van der Waals surface area contributed by atoms with E-state index in [2.05, 4.69) is 11.8 Å². The number of rotatable bonds is 0. The van der Waals surface area contributed by atoms with Crippen LogP contribution in [-0.4, -0.2) is 11.2 Å². The van der Waals surface area contributed by atoms with E-state index in [4.69, 9.17) is 0 Å². The summed E-state index contributed by atoms with van der Waals surface area (Å²) in [6.07, 6.45) is -0.531. The Morgan fingerprint density at radius 3 is 1.67 bits per heavy atom. The van der Waals surface area contributed by atoms with Gasteiger partial charge >= 0.3 is 0 Å². The fourth-order valence-electron chi connectivity index (χ4n) is 0.501. The van der Waals surface area contributed by atoms with Crippen LogP contribution in [0, 0.1) is 22.7 Å². The number of hydrogen-bond acceptors (Lipinski definition) is 1. The molecule has 0 aliphatic carbocycles. The molecule has 0 spiro atoms. The molecule has 12 heavy (non-hydrogen) atoms. The molecule has 0 radical (unpaired) electrons. The molecule has 0 aromatic heterocycles. The van der Waals surface area contributed by atoms with Crippen LogP contribution in [-0.2, 0) is 0 Å². The van der Waals surface area contributed by atoms with Gasteiger partial charge in [0.1, 0.15) is 6.10 Å². The highest BCUT2D eigenvalue weighted by Gasteiger charge is 2.20. The first-order valence-corrected chi connectivity index (χ1v) is 4.34. The summed E-state index contributed by atoms with van der Waals surface area (Å²) in [5, 5.41) is 9.58. The summed E-state index contributed by atoms with van der Waals surface area (Å²) in [5.74, 6) is 5.90. The highest BCUT2D eigenvalue weighted by atomic mass is 16.3. The molecule has 0 unspecified atom stereocenters. The third-order valence-electron chi connectivity index (χ3n) is 1.40. The fraction of sp³-hybridized carbons (Fsp3) is 0.818. The molecule has 0 aliphatic heterocycles. The Bertz CT molecular complexity index is 192. The smallest absolute Gasteiger partial charge is 0.119 e. The van der Waals surface area contributed by atoms with Crippen LogP contribution in [0.25, 0.3) is 0 Å². The molecule has 0 saturated heterocycles. The zero-order valence-corrected chi connectivity index (χ0v) is 9.02. The van der Waals surface area contributed by atoms with Gasteiger partial charge in [-0.05, 0) is 26.2 Å². The molecule has 0 amide bonds. The van der Waals surface area contributed by atoms with Crippen LogP contribution in [0.5, 0.6) is 0 Å². The maximum absolute atomic E-state index is 9.58. The van der Waals surface area contributed by atoms with Gasteiger partial charge in [-0.2, -0.15) is 0 Å². The lowest BCUT2D eigenvalue weighted by Crippen LogP contribution is -2.24. The molecule has 0 bridgehead atoms. The maximum atomic E-state index is 9.58. The van der Waals surface area contributed by atoms with Crippen molar-refractivity contribution in [2.45, 2.75) is 47.6 Å². The van der Waals surface area contributed by atoms with Crippen molar-refractivity contribution >= 4 is 0 Å². The largest absolute Gasteiger partial charge is 0.380 e. The monoisotopic (exact) mass is 168 g/mol. The molecule has 0 aliphatic rings. The second-order valence-electron chi connectivity index (χ2n) is 5.29. The third-order valence-corrected chi connectivity index (χ3v) is 1.40. The van der Waals surface area contributed by atoms with Crippen molar-refractivity contribution in [2.24, 2.45) is 10.8 Å². The summed E-state index contributed by atoms with van der Waals surface area (Å²) < 4.78 is 0. The average Bonchev–Trinajstić information content (AvgIpc) is 1.78. The fourth-order valence-corrected chi connectivity index (χ4v) is 0.501. The van der Waals surface area contributed by atoms with Crippen LogP contribution in [0.3, 0.4) is 0 Å². The molecule has 1 heteroatoms. The molecule has 0 fully saturated rings. The molecule has 0 aromatic rings. The first-order valence-electron chi connectivity index (χ1n) is 4.34. The predicted molar refractivity (Wildman–Crippen MR) is 52.7 cm³/mol. The minimum atomic E-state index is -0.531. The zero-order chi connectivity index (χ0) is 9.99. The Labute approximate surface area is 76.2 Å². The Morgan fingerprint density at radius 1 is 1.00 bits per heavy atom. The molecular weight excluding hydrogens is 148 g/mol. The quantitative estimate of drug-likeness (QED) is 0.551. The van der Waals surface area contributed by atoms with Gasteiger partial charge in [0.25, 0.3) is 0 Å². The van der Waals surface area contributed by atoms with Crippen LogP contribution in [0.4, 0.5) is 0 Å². The Kier molecular flexibility index (Phi) is 3.35. The van der Waals surface area contributed by atoms with Crippen LogP contribution in [0.15, 0.2) is 0 Å². The molecule has 0 rings (SSSR count). The van der Waals surface area contributed by atoms with Gasteiger partial charge in [-0.25, -0.2) is 0 Å². The van der Waals surface area contributed by atoms with Crippen LogP contribution < -0.4 is 0 Å². The van der Waals surface area contributed by atoms with Gasteiger partial charge < -0.3 is 5.11 Å². The van der Waals surface area contributed by atoms with Crippen molar-refractivity contribution in [1.29, 1.82) is 0 Å². The van der Waals surface area contributed by atoms with Crippen molar-refractivity contribution in [3.8, 4) is 11.8 Å². The van der Waals surface area contributed by atoms with E-state index in [9.17, 15) is 5.11 Å². The second-order valence-corrected chi connectivity index (χ2v) is 5.29. The zero-order valence-electron chi connectivity index (χ0n) is 9.02. The van der Waals surface area contributed by atoms with E-state index >= 15 is 0 Å². The number of hydrogen-bond donors (Lipinski definition) is 1. The molecule has 0 heterocycles. The summed E-state index contributed by atoms with van der Waals surface area (Å²) in [4.78, 5) is 0. The van der Waals surface area contributed by atoms with E-state index in [0.717, 1.165) is 0 Å². The summed E-state index contributed by atoms with van der Waals surface area (Å²) in [7, 11) is 0. The number of aliphatic hydroxyl groups excluding tert-OH is 1. The van der Waals surface area contributed by atoms with Gasteiger partial charge in [0.2, 0.25) is 0 Å². The summed E-state index contributed by atoms with van der Waals surface area (Å²) in [6, 6.07) is 0. The van der Waals surface area contributed by atoms with E-state index in [1.54, 1.807) is 0 Å². The van der Waals surface area contributed by atoms with Crippen LogP contribution in [0.2, 0.25) is 0 Å². The highest BCUT2D eigenvalue weighted by Crippen LogP contribution is 2.19. The van der Waals surface area contributed by atoms with Crippen molar-refractivity contribution < 1.29 is 5.11 Å². The summed E-state index contributed by atoms with van der Waals surface area (Å²) in [5.41, 5.74) is -0.162. The normalized spacial score (nSPS) is 14.9. The highest BCUT2D eigenvalue weighted by molar-refractivity contribution is 5.13. The first-order chi connectivity index (χ1) is 5.13. The van der Waals surface area contributed by atoms with Crippen molar-refractivity contribution in [1.82, 2.24) is 0 Å². The minimum absolute atomic E-state index is 0.0216. The molecule has 0 aromatic carbocycles. The lowest BCUT2D eigenvalue weighted by molar-refractivity contribution is 0.113.